The fourth-order valence-corrected chi connectivity index (χ4v) is 4.85. The molecule has 0 saturated carbocycles. The third-order valence-corrected chi connectivity index (χ3v) is 5.74. The van der Waals surface area contributed by atoms with E-state index in [1.807, 2.05) is 26.0 Å². The van der Waals surface area contributed by atoms with Crippen molar-refractivity contribution in [1.29, 1.82) is 0 Å². The van der Waals surface area contributed by atoms with Crippen LogP contribution in [-0.4, -0.2) is 42.9 Å². The van der Waals surface area contributed by atoms with Crippen molar-refractivity contribution >= 4 is 49.4 Å². The second-order valence-corrected chi connectivity index (χ2v) is 8.66. The molecule has 26 heavy (non-hydrogen) atoms. The highest BCUT2D eigenvalue weighted by Gasteiger charge is 2.22. The summed E-state index contributed by atoms with van der Waals surface area (Å²) in [5, 5.41) is 6.00. The number of nitrogens with one attached hydrogen (secondary N) is 2. The van der Waals surface area contributed by atoms with Crippen molar-refractivity contribution in [3.05, 3.63) is 26.6 Å². The molecule has 2 N–H and O–H groups in total. The number of piperidine rings is 1. The number of rotatable bonds is 7. The summed E-state index contributed by atoms with van der Waals surface area (Å²) in [7, 11) is 0. The van der Waals surface area contributed by atoms with Crippen LogP contribution in [0.5, 0.6) is 0 Å². The van der Waals surface area contributed by atoms with E-state index in [0.29, 0.717) is 25.4 Å². The fourth-order valence-electron chi connectivity index (χ4n) is 3.24. The molecule has 0 spiro atoms. The second kappa shape index (κ2) is 10.4. The minimum Gasteiger partial charge on any atom is -0.356 e. The lowest BCUT2D eigenvalue weighted by atomic mass is 9.98. The molecule has 144 valence electrons. The lowest BCUT2D eigenvalue weighted by molar-refractivity contribution is -0.121. The van der Waals surface area contributed by atoms with Crippen molar-refractivity contribution in [2.24, 2.45) is 5.92 Å². The zero-order valence-corrected chi connectivity index (χ0v) is 18.6. The Balaban J connectivity index is 1.84. The highest BCUT2D eigenvalue weighted by atomic mass is 79.9. The van der Waals surface area contributed by atoms with Crippen molar-refractivity contribution in [3.8, 4) is 0 Å². The molecule has 0 bridgehead atoms. The van der Waals surface area contributed by atoms with E-state index in [4.69, 9.17) is 0 Å². The molecule has 1 unspecified atom stereocenters. The summed E-state index contributed by atoms with van der Waals surface area (Å²) in [4.78, 5) is 26.3. The molecule has 0 aliphatic carbocycles. The minimum atomic E-state index is -0.0223. The van der Waals surface area contributed by atoms with Crippen molar-refractivity contribution in [3.63, 3.8) is 0 Å². The summed E-state index contributed by atoms with van der Waals surface area (Å²) < 4.78 is 1.74. The van der Waals surface area contributed by atoms with Crippen LogP contribution in [0.1, 0.15) is 38.2 Å². The van der Waals surface area contributed by atoms with E-state index in [0.717, 1.165) is 52.5 Å². The Bertz CT molecular complexity index is 629. The van der Waals surface area contributed by atoms with Crippen LogP contribution in [0.15, 0.2) is 21.1 Å². The number of hydrogen-bond donors (Lipinski definition) is 2. The lowest BCUT2D eigenvalue weighted by Gasteiger charge is -2.32. The smallest absolute Gasteiger partial charge is 0.238 e. The predicted molar refractivity (Wildman–Crippen MR) is 112 cm³/mol. The molecule has 5 nitrogen and oxygen atoms in total. The topological polar surface area (TPSA) is 61.4 Å². The number of halogens is 2. The quantitative estimate of drug-likeness (QED) is 0.607. The number of aryl methyl sites for hydroxylation is 1. The SMILES string of the molecule is CCCC(=O)NCC1CCCN(CC(=O)Nc2c(Br)cc(C)cc2Br)C1. The maximum atomic E-state index is 12.5. The van der Waals surface area contributed by atoms with E-state index in [-0.39, 0.29) is 11.8 Å². The molecule has 1 aliphatic heterocycles. The first-order valence-corrected chi connectivity index (χ1v) is 10.7. The van der Waals surface area contributed by atoms with Gasteiger partial charge in [0, 0.05) is 28.5 Å². The van der Waals surface area contributed by atoms with E-state index in [9.17, 15) is 9.59 Å². The van der Waals surface area contributed by atoms with Crippen LogP contribution < -0.4 is 10.6 Å². The van der Waals surface area contributed by atoms with Gasteiger partial charge in [-0.1, -0.05) is 6.92 Å². The lowest BCUT2D eigenvalue weighted by Crippen LogP contribution is -2.43. The zero-order chi connectivity index (χ0) is 19.1. The molecular weight excluding hydrogens is 462 g/mol. The Hall–Kier alpha value is -0.920. The maximum Gasteiger partial charge on any atom is 0.238 e. The third-order valence-electron chi connectivity index (χ3n) is 4.49. The molecule has 7 heteroatoms. The maximum absolute atomic E-state index is 12.5. The van der Waals surface area contributed by atoms with Gasteiger partial charge < -0.3 is 10.6 Å². The summed E-state index contributed by atoms with van der Waals surface area (Å²) in [6.07, 6.45) is 3.60. The molecule has 1 heterocycles. The predicted octanol–water partition coefficient (Wildman–Crippen LogP) is 4.09. The van der Waals surface area contributed by atoms with Crippen molar-refractivity contribution in [2.45, 2.75) is 39.5 Å². The zero-order valence-electron chi connectivity index (χ0n) is 15.4. The first kappa shape index (κ1) is 21.4. The first-order valence-electron chi connectivity index (χ1n) is 9.13. The van der Waals surface area contributed by atoms with Gasteiger partial charge >= 0.3 is 0 Å². The van der Waals surface area contributed by atoms with Gasteiger partial charge in [0.15, 0.2) is 0 Å². The monoisotopic (exact) mass is 487 g/mol. The van der Waals surface area contributed by atoms with Gasteiger partial charge in [-0.25, -0.2) is 0 Å². The molecule has 0 radical (unpaired) electrons. The molecular formula is C19H27Br2N3O2. The van der Waals surface area contributed by atoms with Crippen LogP contribution in [-0.2, 0) is 9.59 Å². The van der Waals surface area contributed by atoms with Crippen LogP contribution in [0.25, 0.3) is 0 Å². The molecule has 1 aromatic carbocycles. The number of likely N-dealkylation sites (tertiary alicyclic amines) is 1. The summed E-state index contributed by atoms with van der Waals surface area (Å²) in [5.41, 5.74) is 1.88. The van der Waals surface area contributed by atoms with Crippen LogP contribution in [0.3, 0.4) is 0 Å². The average Bonchev–Trinajstić information content (AvgIpc) is 2.57. The van der Waals surface area contributed by atoms with Gasteiger partial charge in [-0.15, -0.1) is 0 Å². The van der Waals surface area contributed by atoms with E-state index >= 15 is 0 Å². The highest BCUT2D eigenvalue weighted by molar-refractivity contribution is 9.11. The third kappa shape index (κ3) is 6.67. The normalized spacial score (nSPS) is 17.8. The molecule has 2 rings (SSSR count). The Morgan fingerprint density at radius 1 is 1.23 bits per heavy atom. The number of carbonyl (C=O) groups is 2. The van der Waals surface area contributed by atoms with Crippen molar-refractivity contribution < 1.29 is 9.59 Å². The van der Waals surface area contributed by atoms with Gasteiger partial charge in [0.05, 0.1) is 12.2 Å². The van der Waals surface area contributed by atoms with E-state index in [1.165, 1.54) is 0 Å². The Labute approximate surface area is 172 Å². The Kier molecular flexibility index (Phi) is 8.57. The molecule has 1 aliphatic rings. The van der Waals surface area contributed by atoms with E-state index in [1.54, 1.807) is 0 Å². The van der Waals surface area contributed by atoms with Crippen LogP contribution in [0.2, 0.25) is 0 Å². The molecule has 0 aromatic heterocycles. The summed E-state index contributed by atoms with van der Waals surface area (Å²) >= 11 is 7.02. The van der Waals surface area contributed by atoms with Crippen molar-refractivity contribution in [1.82, 2.24) is 10.2 Å². The van der Waals surface area contributed by atoms with Crippen LogP contribution in [0.4, 0.5) is 5.69 Å². The Morgan fingerprint density at radius 2 is 1.92 bits per heavy atom. The van der Waals surface area contributed by atoms with E-state index in [2.05, 4.69) is 47.4 Å². The van der Waals surface area contributed by atoms with Gasteiger partial charge in [-0.3, -0.25) is 14.5 Å². The van der Waals surface area contributed by atoms with Crippen LogP contribution in [0, 0.1) is 12.8 Å². The number of carbonyl (C=O) groups excluding carboxylic acids is 2. The molecule has 1 saturated heterocycles. The second-order valence-electron chi connectivity index (χ2n) is 6.95. The number of amides is 2. The van der Waals surface area contributed by atoms with Crippen LogP contribution >= 0.6 is 31.9 Å². The van der Waals surface area contributed by atoms with E-state index < -0.39 is 0 Å². The number of anilines is 1. The highest BCUT2D eigenvalue weighted by Crippen LogP contribution is 2.32. The Morgan fingerprint density at radius 3 is 2.58 bits per heavy atom. The number of benzene rings is 1. The molecule has 1 fully saturated rings. The average molecular weight is 489 g/mol. The number of nitrogens with zero attached hydrogens (tertiary/aromatic N) is 1. The molecule has 2 amide bonds. The van der Waals surface area contributed by atoms with Gasteiger partial charge in [0.2, 0.25) is 11.8 Å². The molecule has 1 atom stereocenters. The number of hydrogen-bond acceptors (Lipinski definition) is 3. The summed E-state index contributed by atoms with van der Waals surface area (Å²) in [5.74, 6) is 0.512. The molecule has 1 aromatic rings. The van der Waals surface area contributed by atoms with Gasteiger partial charge in [0.1, 0.15) is 0 Å². The largest absolute Gasteiger partial charge is 0.356 e. The first-order chi connectivity index (χ1) is 12.4. The van der Waals surface area contributed by atoms with Crippen molar-refractivity contribution in [2.75, 3.05) is 31.5 Å². The van der Waals surface area contributed by atoms with Gasteiger partial charge in [-0.05, 0) is 88.2 Å². The summed E-state index contributed by atoms with van der Waals surface area (Å²) in [6.45, 7) is 6.84. The van der Waals surface area contributed by atoms with Gasteiger partial charge in [-0.2, -0.15) is 0 Å². The fraction of sp³-hybridized carbons (Fsp3) is 0.579. The summed E-state index contributed by atoms with van der Waals surface area (Å²) in [6, 6.07) is 3.96. The minimum absolute atomic E-state index is 0.0223. The van der Waals surface area contributed by atoms with Gasteiger partial charge in [0.25, 0.3) is 0 Å². The standard InChI is InChI=1S/C19H27Br2N3O2/c1-3-5-17(25)22-10-14-6-4-7-24(11-14)12-18(26)23-19-15(20)8-13(2)9-16(19)21/h8-9,14H,3-7,10-12H2,1-2H3,(H,22,25)(H,23,26).